The van der Waals surface area contributed by atoms with E-state index in [0.29, 0.717) is 19.6 Å². The standard InChI is InChI=1S/C12H15FN2O2/c1-8-6-9(13)2-3-10(8)11-7-14-4-5-15(11)12(16)17/h2-3,6,11,14H,4-5,7H2,1H3,(H,16,17). The molecule has 1 aliphatic heterocycles. The van der Waals surface area contributed by atoms with E-state index in [0.717, 1.165) is 11.1 Å². The lowest BCUT2D eigenvalue weighted by Gasteiger charge is -2.35. The molecule has 1 atom stereocenters. The number of carbonyl (C=O) groups is 1. The van der Waals surface area contributed by atoms with E-state index in [1.54, 1.807) is 13.0 Å². The minimum atomic E-state index is -0.930. The Morgan fingerprint density at radius 2 is 2.35 bits per heavy atom. The van der Waals surface area contributed by atoms with Crippen LogP contribution < -0.4 is 5.32 Å². The maximum Gasteiger partial charge on any atom is 0.407 e. The van der Waals surface area contributed by atoms with Crippen LogP contribution in [0.25, 0.3) is 0 Å². The molecule has 17 heavy (non-hydrogen) atoms. The molecule has 0 aromatic heterocycles. The number of rotatable bonds is 1. The molecule has 4 nitrogen and oxygen atoms in total. The number of hydrogen-bond donors (Lipinski definition) is 2. The molecule has 1 fully saturated rings. The van der Waals surface area contributed by atoms with Crippen LogP contribution in [-0.2, 0) is 0 Å². The van der Waals surface area contributed by atoms with Crippen molar-refractivity contribution >= 4 is 6.09 Å². The fourth-order valence-corrected chi connectivity index (χ4v) is 2.22. The number of benzene rings is 1. The van der Waals surface area contributed by atoms with Crippen molar-refractivity contribution in [3.05, 3.63) is 35.1 Å². The summed E-state index contributed by atoms with van der Waals surface area (Å²) in [7, 11) is 0. The second-order valence-electron chi connectivity index (χ2n) is 4.20. The lowest BCUT2D eigenvalue weighted by atomic mass is 9.98. The van der Waals surface area contributed by atoms with Crippen LogP contribution in [0.5, 0.6) is 0 Å². The van der Waals surface area contributed by atoms with E-state index in [2.05, 4.69) is 5.32 Å². The number of nitrogens with one attached hydrogen (secondary N) is 1. The quantitative estimate of drug-likeness (QED) is 0.783. The highest BCUT2D eigenvalue weighted by Crippen LogP contribution is 2.25. The Morgan fingerprint density at radius 3 is 3.00 bits per heavy atom. The topological polar surface area (TPSA) is 52.6 Å². The number of aryl methyl sites for hydroxylation is 1. The van der Waals surface area contributed by atoms with Crippen molar-refractivity contribution < 1.29 is 14.3 Å². The summed E-state index contributed by atoms with van der Waals surface area (Å²) in [6.45, 7) is 3.48. The molecular formula is C12H15FN2O2. The van der Waals surface area contributed by atoms with Crippen molar-refractivity contribution in [1.29, 1.82) is 0 Å². The van der Waals surface area contributed by atoms with E-state index in [1.165, 1.54) is 17.0 Å². The van der Waals surface area contributed by atoms with Crippen molar-refractivity contribution in [2.24, 2.45) is 0 Å². The Balaban J connectivity index is 2.32. The monoisotopic (exact) mass is 238 g/mol. The summed E-state index contributed by atoms with van der Waals surface area (Å²) in [5.41, 5.74) is 1.64. The largest absolute Gasteiger partial charge is 0.465 e. The van der Waals surface area contributed by atoms with Gasteiger partial charge in [-0.3, -0.25) is 4.90 Å². The van der Waals surface area contributed by atoms with Crippen LogP contribution in [0, 0.1) is 12.7 Å². The van der Waals surface area contributed by atoms with Gasteiger partial charge >= 0.3 is 6.09 Å². The summed E-state index contributed by atoms with van der Waals surface area (Å²) in [6.07, 6.45) is -0.930. The highest BCUT2D eigenvalue weighted by atomic mass is 19.1. The van der Waals surface area contributed by atoms with Gasteiger partial charge in [0.05, 0.1) is 6.04 Å². The van der Waals surface area contributed by atoms with Gasteiger partial charge in [0.25, 0.3) is 0 Å². The van der Waals surface area contributed by atoms with Crippen molar-refractivity contribution in [1.82, 2.24) is 10.2 Å². The van der Waals surface area contributed by atoms with Crippen LogP contribution in [-0.4, -0.2) is 35.7 Å². The zero-order valence-corrected chi connectivity index (χ0v) is 9.61. The molecule has 92 valence electrons. The minimum absolute atomic E-state index is 0.234. The maximum absolute atomic E-state index is 13.0. The van der Waals surface area contributed by atoms with E-state index < -0.39 is 6.09 Å². The first-order valence-electron chi connectivity index (χ1n) is 5.56. The highest BCUT2D eigenvalue weighted by molar-refractivity contribution is 5.66. The van der Waals surface area contributed by atoms with E-state index in [9.17, 15) is 9.18 Å². The van der Waals surface area contributed by atoms with Gasteiger partial charge in [-0.25, -0.2) is 9.18 Å². The third-order valence-corrected chi connectivity index (χ3v) is 3.08. The second-order valence-corrected chi connectivity index (χ2v) is 4.20. The van der Waals surface area contributed by atoms with Crippen LogP contribution >= 0.6 is 0 Å². The van der Waals surface area contributed by atoms with Gasteiger partial charge in [0.2, 0.25) is 0 Å². The molecule has 0 saturated carbocycles. The third-order valence-electron chi connectivity index (χ3n) is 3.08. The number of amides is 1. The molecule has 0 aliphatic carbocycles. The molecule has 1 unspecified atom stereocenters. The van der Waals surface area contributed by atoms with Crippen LogP contribution in [0.2, 0.25) is 0 Å². The summed E-state index contributed by atoms with van der Waals surface area (Å²) in [5, 5.41) is 12.3. The van der Waals surface area contributed by atoms with Gasteiger partial charge in [0.15, 0.2) is 0 Å². The molecular weight excluding hydrogens is 223 g/mol. The van der Waals surface area contributed by atoms with E-state index in [1.807, 2.05) is 0 Å². The molecule has 0 spiro atoms. The Hall–Kier alpha value is -1.62. The first kappa shape index (κ1) is 11.9. The highest BCUT2D eigenvalue weighted by Gasteiger charge is 2.28. The average Bonchev–Trinajstić information content (AvgIpc) is 2.29. The molecule has 1 aromatic carbocycles. The molecule has 1 saturated heterocycles. The predicted molar refractivity (Wildman–Crippen MR) is 61.5 cm³/mol. The summed E-state index contributed by atoms with van der Waals surface area (Å²) in [5.74, 6) is -0.295. The summed E-state index contributed by atoms with van der Waals surface area (Å²) in [6, 6.07) is 4.24. The molecule has 2 rings (SSSR count). The van der Waals surface area contributed by atoms with Crippen molar-refractivity contribution in [3.8, 4) is 0 Å². The van der Waals surface area contributed by atoms with Gasteiger partial charge < -0.3 is 10.4 Å². The average molecular weight is 238 g/mol. The Bertz CT molecular complexity index is 437. The maximum atomic E-state index is 13.0. The van der Waals surface area contributed by atoms with Gasteiger partial charge in [-0.15, -0.1) is 0 Å². The van der Waals surface area contributed by atoms with Gasteiger partial charge in [0.1, 0.15) is 5.82 Å². The molecule has 1 aliphatic rings. The van der Waals surface area contributed by atoms with Crippen molar-refractivity contribution in [3.63, 3.8) is 0 Å². The number of carboxylic acid groups (broad SMARTS) is 1. The van der Waals surface area contributed by atoms with Crippen LogP contribution in [0.1, 0.15) is 17.2 Å². The van der Waals surface area contributed by atoms with E-state index >= 15 is 0 Å². The SMILES string of the molecule is Cc1cc(F)ccc1C1CNCCN1C(=O)O. The fraction of sp³-hybridized carbons (Fsp3) is 0.417. The van der Waals surface area contributed by atoms with Crippen molar-refractivity contribution in [2.45, 2.75) is 13.0 Å². The molecule has 0 bridgehead atoms. The smallest absolute Gasteiger partial charge is 0.407 e. The summed E-state index contributed by atoms with van der Waals surface area (Å²) in [4.78, 5) is 12.5. The Kier molecular flexibility index (Phi) is 3.28. The van der Waals surface area contributed by atoms with Gasteiger partial charge in [0, 0.05) is 19.6 Å². The zero-order chi connectivity index (χ0) is 12.4. The van der Waals surface area contributed by atoms with Crippen molar-refractivity contribution in [2.75, 3.05) is 19.6 Å². The predicted octanol–water partition coefficient (Wildman–Crippen LogP) is 1.76. The molecule has 1 heterocycles. The Morgan fingerprint density at radius 1 is 1.59 bits per heavy atom. The van der Waals surface area contributed by atoms with E-state index in [4.69, 9.17) is 5.11 Å². The minimum Gasteiger partial charge on any atom is -0.465 e. The molecule has 2 N–H and O–H groups in total. The molecule has 1 aromatic rings. The lowest BCUT2D eigenvalue weighted by Crippen LogP contribution is -2.48. The lowest BCUT2D eigenvalue weighted by molar-refractivity contribution is 0.112. The number of hydrogen-bond acceptors (Lipinski definition) is 2. The van der Waals surface area contributed by atoms with Gasteiger partial charge in [-0.05, 0) is 30.2 Å². The van der Waals surface area contributed by atoms with Crippen LogP contribution in [0.15, 0.2) is 18.2 Å². The van der Waals surface area contributed by atoms with Crippen LogP contribution in [0.4, 0.5) is 9.18 Å². The first-order valence-corrected chi connectivity index (χ1v) is 5.56. The second kappa shape index (κ2) is 4.71. The number of piperazine rings is 1. The number of halogens is 1. The molecule has 0 radical (unpaired) electrons. The molecule has 1 amide bonds. The van der Waals surface area contributed by atoms with Gasteiger partial charge in [-0.2, -0.15) is 0 Å². The van der Waals surface area contributed by atoms with Gasteiger partial charge in [-0.1, -0.05) is 6.07 Å². The normalized spacial score (nSPS) is 20.4. The zero-order valence-electron chi connectivity index (χ0n) is 9.61. The summed E-state index contributed by atoms with van der Waals surface area (Å²) >= 11 is 0. The summed E-state index contributed by atoms with van der Waals surface area (Å²) < 4.78 is 13.0. The Labute approximate surface area is 99.0 Å². The molecule has 5 heteroatoms. The number of nitrogens with zero attached hydrogens (tertiary/aromatic N) is 1. The third kappa shape index (κ3) is 2.39. The first-order chi connectivity index (χ1) is 8.09. The van der Waals surface area contributed by atoms with Crippen LogP contribution in [0.3, 0.4) is 0 Å². The fourth-order valence-electron chi connectivity index (χ4n) is 2.22. The van der Waals surface area contributed by atoms with E-state index in [-0.39, 0.29) is 11.9 Å².